The lowest BCUT2D eigenvalue weighted by Crippen LogP contribution is -2.19. The van der Waals surface area contributed by atoms with E-state index in [0.717, 1.165) is 10.6 Å². The fourth-order valence-corrected chi connectivity index (χ4v) is 2.62. The maximum atomic E-state index is 11.3. The summed E-state index contributed by atoms with van der Waals surface area (Å²) in [6.07, 6.45) is 0.560. The first kappa shape index (κ1) is 12.0. The molecule has 1 aliphatic heterocycles. The lowest BCUT2D eigenvalue weighted by atomic mass is 10.1. The molecule has 0 aliphatic carbocycles. The Morgan fingerprint density at radius 2 is 2.35 bits per heavy atom. The molecule has 0 spiro atoms. The SMILES string of the molecule is COC(=O)[C@@H]1CSC(Cc2ccccc2O)=N1. The van der Waals surface area contributed by atoms with Gasteiger partial charge in [0.15, 0.2) is 6.04 Å². The zero-order chi connectivity index (χ0) is 12.3. The molecule has 1 heterocycles. The number of benzene rings is 1. The van der Waals surface area contributed by atoms with Gasteiger partial charge in [0.05, 0.1) is 12.2 Å². The normalized spacial score (nSPS) is 18.9. The second kappa shape index (κ2) is 5.23. The largest absolute Gasteiger partial charge is 0.508 e. The predicted octanol–water partition coefficient (Wildman–Crippen LogP) is 1.62. The summed E-state index contributed by atoms with van der Waals surface area (Å²) in [5.74, 6) is 0.581. The molecule has 0 radical (unpaired) electrons. The van der Waals surface area contributed by atoms with Gasteiger partial charge in [0.25, 0.3) is 0 Å². The lowest BCUT2D eigenvalue weighted by Gasteiger charge is -2.02. The van der Waals surface area contributed by atoms with E-state index >= 15 is 0 Å². The molecule has 0 saturated carbocycles. The number of hydrogen-bond acceptors (Lipinski definition) is 5. The van der Waals surface area contributed by atoms with Crippen molar-refractivity contribution in [1.29, 1.82) is 0 Å². The molecular formula is C12H13NO3S. The average molecular weight is 251 g/mol. The highest BCUT2D eigenvalue weighted by Gasteiger charge is 2.25. The Bertz CT molecular complexity index is 459. The van der Waals surface area contributed by atoms with Gasteiger partial charge in [-0.3, -0.25) is 4.99 Å². The zero-order valence-electron chi connectivity index (χ0n) is 9.42. The molecule has 4 nitrogen and oxygen atoms in total. The third-order valence-corrected chi connectivity index (χ3v) is 3.58. The van der Waals surface area contributed by atoms with Gasteiger partial charge < -0.3 is 9.84 Å². The van der Waals surface area contributed by atoms with Crippen LogP contribution in [0.1, 0.15) is 5.56 Å². The predicted molar refractivity (Wildman–Crippen MR) is 67.5 cm³/mol. The van der Waals surface area contributed by atoms with Crippen LogP contribution in [0.2, 0.25) is 0 Å². The molecule has 1 N–H and O–H groups in total. The lowest BCUT2D eigenvalue weighted by molar-refractivity contribution is -0.141. The van der Waals surface area contributed by atoms with E-state index in [1.54, 1.807) is 12.1 Å². The van der Waals surface area contributed by atoms with Gasteiger partial charge in [0, 0.05) is 17.7 Å². The minimum Gasteiger partial charge on any atom is -0.508 e. The Morgan fingerprint density at radius 3 is 3.06 bits per heavy atom. The third kappa shape index (κ3) is 2.79. The van der Waals surface area contributed by atoms with E-state index in [0.29, 0.717) is 12.2 Å². The molecule has 1 aromatic carbocycles. The molecule has 0 saturated heterocycles. The summed E-state index contributed by atoms with van der Waals surface area (Å²) >= 11 is 1.54. The number of carbonyl (C=O) groups is 1. The van der Waals surface area contributed by atoms with Crippen molar-refractivity contribution < 1.29 is 14.6 Å². The number of aliphatic imine (C=N–C) groups is 1. The summed E-state index contributed by atoms with van der Waals surface area (Å²) in [4.78, 5) is 15.6. The van der Waals surface area contributed by atoms with E-state index < -0.39 is 6.04 Å². The van der Waals surface area contributed by atoms with Crippen LogP contribution in [0.5, 0.6) is 5.75 Å². The highest BCUT2D eigenvalue weighted by atomic mass is 32.2. The van der Waals surface area contributed by atoms with Crippen molar-refractivity contribution in [2.24, 2.45) is 4.99 Å². The summed E-state index contributed by atoms with van der Waals surface area (Å²) in [6, 6.07) is 6.75. The van der Waals surface area contributed by atoms with E-state index in [-0.39, 0.29) is 11.7 Å². The van der Waals surface area contributed by atoms with Crippen LogP contribution in [0.4, 0.5) is 0 Å². The highest BCUT2D eigenvalue weighted by molar-refractivity contribution is 8.14. The number of aromatic hydroxyl groups is 1. The minimum atomic E-state index is -0.397. The van der Waals surface area contributed by atoms with Crippen molar-refractivity contribution in [2.75, 3.05) is 12.9 Å². The Kier molecular flexibility index (Phi) is 3.68. The molecule has 90 valence electrons. The first-order chi connectivity index (χ1) is 8.20. The minimum absolute atomic E-state index is 0.261. The van der Waals surface area contributed by atoms with Crippen molar-refractivity contribution >= 4 is 22.8 Å². The van der Waals surface area contributed by atoms with Crippen LogP contribution in [0.15, 0.2) is 29.3 Å². The molecule has 0 aromatic heterocycles. The number of carbonyl (C=O) groups excluding carboxylic acids is 1. The maximum absolute atomic E-state index is 11.3. The average Bonchev–Trinajstić information content (AvgIpc) is 2.80. The molecule has 2 rings (SSSR count). The number of rotatable bonds is 3. The van der Waals surface area contributed by atoms with Crippen molar-refractivity contribution in [3.8, 4) is 5.75 Å². The number of thioether (sulfide) groups is 1. The number of phenols is 1. The molecule has 1 aliphatic rings. The molecule has 5 heteroatoms. The molecule has 0 amide bonds. The van der Waals surface area contributed by atoms with Gasteiger partial charge in [-0.15, -0.1) is 11.8 Å². The number of methoxy groups -OCH3 is 1. The maximum Gasteiger partial charge on any atom is 0.331 e. The number of nitrogens with zero attached hydrogens (tertiary/aromatic N) is 1. The molecule has 0 bridgehead atoms. The van der Waals surface area contributed by atoms with Gasteiger partial charge in [-0.05, 0) is 6.07 Å². The summed E-state index contributed by atoms with van der Waals surface area (Å²) in [7, 11) is 1.36. The van der Waals surface area contributed by atoms with Crippen molar-refractivity contribution in [1.82, 2.24) is 0 Å². The van der Waals surface area contributed by atoms with E-state index in [2.05, 4.69) is 9.73 Å². The van der Waals surface area contributed by atoms with Gasteiger partial charge in [-0.25, -0.2) is 4.79 Å². The van der Waals surface area contributed by atoms with E-state index in [4.69, 9.17) is 0 Å². The van der Waals surface area contributed by atoms with Gasteiger partial charge in [0.2, 0.25) is 0 Å². The first-order valence-electron chi connectivity index (χ1n) is 5.25. The Labute approximate surface area is 104 Å². The highest BCUT2D eigenvalue weighted by Crippen LogP contribution is 2.25. The smallest absolute Gasteiger partial charge is 0.331 e. The topological polar surface area (TPSA) is 58.9 Å². The monoisotopic (exact) mass is 251 g/mol. The second-order valence-electron chi connectivity index (χ2n) is 3.68. The van der Waals surface area contributed by atoms with Crippen LogP contribution in [-0.4, -0.2) is 35.0 Å². The number of esters is 1. The van der Waals surface area contributed by atoms with Crippen LogP contribution < -0.4 is 0 Å². The number of ether oxygens (including phenoxy) is 1. The standard InChI is InChI=1S/C12H13NO3S/c1-16-12(15)9-7-17-11(13-9)6-8-4-2-3-5-10(8)14/h2-5,9,14H,6-7H2,1H3/t9-/m0/s1. The Balaban J connectivity index is 2.06. The molecule has 0 unspecified atom stereocenters. The zero-order valence-corrected chi connectivity index (χ0v) is 10.2. The molecular weight excluding hydrogens is 238 g/mol. The summed E-state index contributed by atoms with van der Waals surface area (Å²) < 4.78 is 4.65. The van der Waals surface area contributed by atoms with Gasteiger partial charge in [-0.2, -0.15) is 0 Å². The van der Waals surface area contributed by atoms with E-state index in [9.17, 15) is 9.90 Å². The van der Waals surface area contributed by atoms with E-state index in [1.165, 1.54) is 18.9 Å². The van der Waals surface area contributed by atoms with Crippen LogP contribution in [0.3, 0.4) is 0 Å². The van der Waals surface area contributed by atoms with Gasteiger partial charge >= 0.3 is 5.97 Å². The van der Waals surface area contributed by atoms with Crippen molar-refractivity contribution in [3.63, 3.8) is 0 Å². The summed E-state index contributed by atoms with van der Waals surface area (Å²) in [5.41, 5.74) is 0.823. The van der Waals surface area contributed by atoms with Gasteiger partial charge in [0.1, 0.15) is 5.75 Å². The van der Waals surface area contributed by atoms with E-state index in [1.807, 2.05) is 12.1 Å². The fraction of sp³-hybridized carbons (Fsp3) is 0.333. The first-order valence-corrected chi connectivity index (χ1v) is 6.23. The Hall–Kier alpha value is -1.49. The number of para-hydroxylation sites is 1. The van der Waals surface area contributed by atoms with Crippen LogP contribution >= 0.6 is 11.8 Å². The van der Waals surface area contributed by atoms with Crippen LogP contribution in [0.25, 0.3) is 0 Å². The number of phenolic OH excluding ortho intramolecular Hbond substituents is 1. The molecule has 17 heavy (non-hydrogen) atoms. The molecule has 1 atom stereocenters. The van der Waals surface area contributed by atoms with Crippen molar-refractivity contribution in [2.45, 2.75) is 12.5 Å². The van der Waals surface area contributed by atoms with Crippen LogP contribution in [0, 0.1) is 0 Å². The number of hydrogen-bond donors (Lipinski definition) is 1. The summed E-state index contributed by atoms with van der Waals surface area (Å²) in [5, 5.41) is 10.5. The Morgan fingerprint density at radius 1 is 1.59 bits per heavy atom. The van der Waals surface area contributed by atoms with Crippen molar-refractivity contribution in [3.05, 3.63) is 29.8 Å². The second-order valence-corrected chi connectivity index (χ2v) is 4.77. The summed E-state index contributed by atoms with van der Waals surface area (Å²) in [6.45, 7) is 0. The van der Waals surface area contributed by atoms with Crippen LogP contribution in [-0.2, 0) is 16.0 Å². The molecule has 1 aromatic rings. The molecule has 0 fully saturated rings. The fourth-order valence-electron chi connectivity index (χ4n) is 1.60. The van der Waals surface area contributed by atoms with Gasteiger partial charge in [-0.1, -0.05) is 18.2 Å². The third-order valence-electron chi connectivity index (χ3n) is 2.51. The quantitative estimate of drug-likeness (QED) is 0.829.